The number of aromatic nitrogens is 2. The fraction of sp³-hybridized carbons (Fsp3) is 0.667. The standard InChI is InChI=1S/C12H21N2O14P3/c1-3-24-11-7(2)5-14(12(16)13-11)10-4-8(15)9(26-10)6-25-30(20,21)28-31(22,23)27-29(17,18)19/h5,8-10,15H,3-4,6H2,1-2H3,(H,20,21)(H,22,23)(H2,17,18,19)/t8-,9+,10+/m0/s1. The molecule has 2 unspecified atom stereocenters. The zero-order chi connectivity index (χ0) is 23.6. The zero-order valence-corrected chi connectivity index (χ0v) is 18.8. The first-order chi connectivity index (χ1) is 14.1. The quantitative estimate of drug-likeness (QED) is 0.259. The smallest absolute Gasteiger partial charge is 0.478 e. The summed E-state index contributed by atoms with van der Waals surface area (Å²) in [6, 6.07) is 0. The third-order valence-electron chi connectivity index (χ3n) is 3.70. The summed E-state index contributed by atoms with van der Waals surface area (Å²) in [6.07, 6.45) is -2.30. The lowest BCUT2D eigenvalue weighted by Crippen LogP contribution is -2.28. The molecule has 1 aromatic heterocycles. The first-order valence-electron chi connectivity index (χ1n) is 8.47. The number of aryl methyl sites for hydroxylation is 1. The number of hydrogen-bond acceptors (Lipinski definition) is 11. The molecule has 5 N–H and O–H groups in total. The molecule has 16 nitrogen and oxygen atoms in total. The van der Waals surface area contributed by atoms with Gasteiger partial charge in [0.15, 0.2) is 0 Å². The summed E-state index contributed by atoms with van der Waals surface area (Å²) in [5, 5.41) is 10.1. The van der Waals surface area contributed by atoms with Gasteiger partial charge in [0, 0.05) is 18.2 Å². The average molecular weight is 510 g/mol. The molecule has 1 aliphatic heterocycles. The third-order valence-corrected chi connectivity index (χ3v) is 7.50. The number of hydrogen-bond donors (Lipinski definition) is 5. The molecule has 31 heavy (non-hydrogen) atoms. The largest absolute Gasteiger partial charge is 0.490 e. The van der Waals surface area contributed by atoms with E-state index >= 15 is 0 Å². The van der Waals surface area contributed by atoms with Crippen LogP contribution in [0.4, 0.5) is 0 Å². The second-order valence-corrected chi connectivity index (χ2v) is 10.6. The predicted molar refractivity (Wildman–Crippen MR) is 98.8 cm³/mol. The molecular formula is C12H21N2O14P3. The van der Waals surface area contributed by atoms with Crippen LogP contribution in [0, 0.1) is 6.92 Å². The molecule has 2 heterocycles. The number of rotatable bonds is 10. The van der Waals surface area contributed by atoms with Crippen molar-refractivity contribution in [1.82, 2.24) is 9.55 Å². The summed E-state index contributed by atoms with van der Waals surface area (Å²) in [5.74, 6) is 0.131. The summed E-state index contributed by atoms with van der Waals surface area (Å²) >= 11 is 0. The van der Waals surface area contributed by atoms with Crippen molar-refractivity contribution in [2.45, 2.75) is 38.7 Å². The van der Waals surface area contributed by atoms with E-state index in [4.69, 9.17) is 24.2 Å². The van der Waals surface area contributed by atoms with E-state index in [1.807, 2.05) is 0 Å². The lowest BCUT2D eigenvalue weighted by atomic mass is 10.2. The van der Waals surface area contributed by atoms with E-state index in [0.29, 0.717) is 12.2 Å². The Labute approximate surface area is 174 Å². The molecular weight excluding hydrogens is 489 g/mol. The Morgan fingerprint density at radius 3 is 2.42 bits per heavy atom. The van der Waals surface area contributed by atoms with E-state index in [1.165, 1.54) is 6.20 Å². The predicted octanol–water partition coefficient (Wildman–Crippen LogP) is -0.0579. The Bertz CT molecular complexity index is 991. The van der Waals surface area contributed by atoms with E-state index in [9.17, 15) is 28.5 Å². The molecule has 1 fully saturated rings. The highest BCUT2D eigenvalue weighted by molar-refractivity contribution is 7.66. The lowest BCUT2D eigenvalue weighted by Gasteiger charge is -2.19. The molecule has 1 saturated heterocycles. The van der Waals surface area contributed by atoms with Crippen LogP contribution in [0.1, 0.15) is 25.1 Å². The Morgan fingerprint density at radius 1 is 1.19 bits per heavy atom. The van der Waals surface area contributed by atoms with Gasteiger partial charge in [-0.15, -0.1) is 0 Å². The molecule has 19 heteroatoms. The maximum absolute atomic E-state index is 12.2. The SMILES string of the molecule is CCOc1nc(=O)n([C@H]2C[C@H](O)[C@@H](COP(=O)(O)OP(=O)(O)OP(=O)(O)O)O2)cc1C. The highest BCUT2D eigenvalue weighted by Gasteiger charge is 2.43. The van der Waals surface area contributed by atoms with Crippen LogP contribution in [-0.2, 0) is 31.6 Å². The normalized spacial score (nSPS) is 25.7. The highest BCUT2D eigenvalue weighted by Crippen LogP contribution is 2.66. The van der Waals surface area contributed by atoms with Crippen molar-refractivity contribution in [3.63, 3.8) is 0 Å². The Balaban J connectivity index is 2.03. The number of nitrogens with zero attached hydrogens (tertiary/aromatic N) is 2. The van der Waals surface area contributed by atoms with Crippen molar-refractivity contribution in [3.8, 4) is 5.88 Å². The molecule has 1 aromatic rings. The fourth-order valence-electron chi connectivity index (χ4n) is 2.55. The fourth-order valence-corrected chi connectivity index (χ4v) is 5.58. The zero-order valence-electron chi connectivity index (χ0n) is 16.1. The van der Waals surface area contributed by atoms with Gasteiger partial charge in [0.1, 0.15) is 12.3 Å². The van der Waals surface area contributed by atoms with Crippen LogP contribution in [0.25, 0.3) is 0 Å². The number of phosphoric ester groups is 1. The first kappa shape index (κ1) is 26.3. The van der Waals surface area contributed by atoms with Gasteiger partial charge >= 0.3 is 29.2 Å². The van der Waals surface area contributed by atoms with Gasteiger partial charge in [0.25, 0.3) is 0 Å². The van der Waals surface area contributed by atoms with Crippen molar-refractivity contribution in [2.75, 3.05) is 13.2 Å². The molecule has 0 spiro atoms. The van der Waals surface area contributed by atoms with E-state index in [0.717, 1.165) is 4.57 Å². The summed E-state index contributed by atoms with van der Waals surface area (Å²) in [7, 11) is -16.6. The van der Waals surface area contributed by atoms with Gasteiger partial charge in [0.2, 0.25) is 5.88 Å². The highest BCUT2D eigenvalue weighted by atomic mass is 31.3. The molecule has 0 saturated carbocycles. The van der Waals surface area contributed by atoms with E-state index in [-0.39, 0.29) is 12.3 Å². The van der Waals surface area contributed by atoms with Gasteiger partial charge in [-0.3, -0.25) is 9.09 Å². The van der Waals surface area contributed by atoms with Crippen molar-refractivity contribution in [2.24, 2.45) is 0 Å². The topological polar surface area (TPSA) is 233 Å². The second-order valence-electron chi connectivity index (χ2n) is 6.17. The van der Waals surface area contributed by atoms with E-state index < -0.39 is 54.2 Å². The van der Waals surface area contributed by atoms with Crippen LogP contribution in [0.15, 0.2) is 11.0 Å². The lowest BCUT2D eigenvalue weighted by molar-refractivity contribution is -0.0451. The molecule has 0 radical (unpaired) electrons. The molecule has 0 aromatic carbocycles. The minimum atomic E-state index is -5.66. The molecule has 5 atom stereocenters. The summed E-state index contributed by atoms with van der Waals surface area (Å²) in [5.41, 5.74) is -0.226. The van der Waals surface area contributed by atoms with Crippen LogP contribution in [0.2, 0.25) is 0 Å². The van der Waals surface area contributed by atoms with Gasteiger partial charge < -0.3 is 34.2 Å². The average Bonchev–Trinajstić information content (AvgIpc) is 2.93. The summed E-state index contributed by atoms with van der Waals surface area (Å²) < 4.78 is 57.0. The van der Waals surface area contributed by atoms with Gasteiger partial charge in [-0.05, 0) is 13.8 Å². The molecule has 0 bridgehead atoms. The van der Waals surface area contributed by atoms with E-state index in [2.05, 4.69) is 18.1 Å². The van der Waals surface area contributed by atoms with Crippen molar-refractivity contribution in [3.05, 3.63) is 22.2 Å². The van der Waals surface area contributed by atoms with Crippen LogP contribution in [0.3, 0.4) is 0 Å². The molecule has 1 aliphatic rings. The molecule has 2 rings (SSSR count). The third kappa shape index (κ3) is 7.82. The monoisotopic (exact) mass is 510 g/mol. The Hall–Kier alpha value is -0.990. The number of aliphatic hydroxyl groups excluding tert-OH is 1. The molecule has 178 valence electrons. The minimum Gasteiger partial charge on any atom is -0.478 e. The van der Waals surface area contributed by atoms with Crippen molar-refractivity contribution >= 4 is 23.5 Å². The molecule has 0 amide bonds. The van der Waals surface area contributed by atoms with Gasteiger partial charge in [0.05, 0.1) is 19.3 Å². The molecule has 0 aliphatic carbocycles. The van der Waals surface area contributed by atoms with Crippen molar-refractivity contribution < 1.29 is 61.0 Å². The number of ether oxygens (including phenoxy) is 2. The summed E-state index contributed by atoms with van der Waals surface area (Å²) in [4.78, 5) is 51.5. The Kier molecular flexibility index (Phi) is 8.37. The number of phosphoric acid groups is 3. The van der Waals surface area contributed by atoms with Crippen molar-refractivity contribution in [1.29, 1.82) is 0 Å². The van der Waals surface area contributed by atoms with Crippen LogP contribution < -0.4 is 10.4 Å². The Morgan fingerprint density at radius 2 is 1.84 bits per heavy atom. The van der Waals surface area contributed by atoms with E-state index in [1.54, 1.807) is 13.8 Å². The maximum Gasteiger partial charge on any atom is 0.490 e. The summed E-state index contributed by atoms with van der Waals surface area (Å²) in [6.45, 7) is 2.79. The maximum atomic E-state index is 12.2. The van der Waals surface area contributed by atoms with Gasteiger partial charge in [-0.2, -0.15) is 13.6 Å². The van der Waals surface area contributed by atoms with Gasteiger partial charge in [-0.25, -0.2) is 18.5 Å². The number of aliphatic hydroxyl groups is 1. The first-order valence-corrected chi connectivity index (χ1v) is 13.0. The van der Waals surface area contributed by atoms with Gasteiger partial charge in [-0.1, -0.05) is 0 Å². The minimum absolute atomic E-state index is 0.126. The van der Waals surface area contributed by atoms with Crippen LogP contribution >= 0.6 is 23.5 Å². The van der Waals surface area contributed by atoms with Crippen LogP contribution in [0.5, 0.6) is 5.88 Å². The van der Waals surface area contributed by atoms with Crippen LogP contribution in [-0.4, -0.2) is 59.7 Å². The second kappa shape index (κ2) is 9.87.